The summed E-state index contributed by atoms with van der Waals surface area (Å²) in [5.41, 5.74) is 0.837. The number of ether oxygens (including phenoxy) is 1. The maximum atomic E-state index is 12.5. The van der Waals surface area contributed by atoms with E-state index < -0.39 is 0 Å². The Bertz CT molecular complexity index is 949. The van der Waals surface area contributed by atoms with E-state index in [1.54, 1.807) is 7.11 Å². The van der Waals surface area contributed by atoms with Crippen LogP contribution in [0.5, 0.6) is 5.75 Å². The van der Waals surface area contributed by atoms with E-state index in [4.69, 9.17) is 9.26 Å². The van der Waals surface area contributed by atoms with Crippen LogP contribution in [0.4, 0.5) is 0 Å². The van der Waals surface area contributed by atoms with Gasteiger partial charge in [-0.1, -0.05) is 17.3 Å². The van der Waals surface area contributed by atoms with Crippen molar-refractivity contribution in [2.24, 2.45) is 0 Å². The molecule has 0 radical (unpaired) electrons. The van der Waals surface area contributed by atoms with Crippen molar-refractivity contribution in [2.45, 2.75) is 25.8 Å². The summed E-state index contributed by atoms with van der Waals surface area (Å²) in [5.74, 6) is 2.82. The normalized spacial score (nSPS) is 14.8. The van der Waals surface area contributed by atoms with E-state index in [1.807, 2.05) is 29.2 Å². The number of aromatic nitrogens is 5. The molecule has 1 N–H and O–H groups in total. The lowest BCUT2D eigenvalue weighted by Gasteiger charge is -2.34. The van der Waals surface area contributed by atoms with Crippen molar-refractivity contribution in [3.05, 3.63) is 42.3 Å². The van der Waals surface area contributed by atoms with Gasteiger partial charge in [0.1, 0.15) is 17.9 Å². The third kappa shape index (κ3) is 5.01. The zero-order chi connectivity index (χ0) is 20.8. The molecule has 0 bridgehead atoms. The summed E-state index contributed by atoms with van der Waals surface area (Å²) in [4.78, 5) is 25.3. The van der Waals surface area contributed by atoms with Crippen molar-refractivity contribution in [3.63, 3.8) is 0 Å². The third-order valence-corrected chi connectivity index (χ3v) is 5.14. The van der Waals surface area contributed by atoms with Crippen molar-refractivity contribution >= 4 is 5.91 Å². The van der Waals surface area contributed by atoms with Crippen molar-refractivity contribution < 1.29 is 14.1 Å². The van der Waals surface area contributed by atoms with Gasteiger partial charge in [-0.25, -0.2) is 4.98 Å². The molecular weight excluding hydrogens is 386 g/mol. The van der Waals surface area contributed by atoms with Crippen LogP contribution in [0.25, 0.3) is 11.4 Å². The molecule has 10 nitrogen and oxygen atoms in total. The van der Waals surface area contributed by atoms with E-state index in [1.165, 1.54) is 6.33 Å². The van der Waals surface area contributed by atoms with Crippen molar-refractivity contribution in [1.29, 1.82) is 0 Å². The van der Waals surface area contributed by atoms with Gasteiger partial charge in [0.2, 0.25) is 17.6 Å². The van der Waals surface area contributed by atoms with Crippen LogP contribution in [0, 0.1) is 0 Å². The molecule has 0 unspecified atom stereocenters. The SMILES string of the molecule is COc1cccc(-c2noc(CCCC(=O)N3CCN(Cc4ncn[nH]4)CC3)n2)c1. The fraction of sp³-hybridized carbons (Fsp3) is 0.450. The van der Waals surface area contributed by atoms with Crippen LogP contribution in [0.3, 0.4) is 0 Å². The second kappa shape index (κ2) is 9.49. The number of nitrogens with zero attached hydrogens (tertiary/aromatic N) is 6. The van der Waals surface area contributed by atoms with Crippen molar-refractivity contribution in [2.75, 3.05) is 33.3 Å². The molecule has 1 saturated heterocycles. The number of benzene rings is 1. The Morgan fingerprint density at radius 2 is 2.13 bits per heavy atom. The molecule has 3 aromatic rings. The van der Waals surface area contributed by atoms with Crippen LogP contribution in [0.1, 0.15) is 24.6 Å². The Balaban J connectivity index is 1.20. The van der Waals surface area contributed by atoms with Crippen molar-refractivity contribution in [3.8, 4) is 17.1 Å². The number of hydrogen-bond acceptors (Lipinski definition) is 8. The van der Waals surface area contributed by atoms with Crippen LogP contribution in [0.15, 0.2) is 35.1 Å². The van der Waals surface area contributed by atoms with E-state index in [9.17, 15) is 4.79 Å². The average Bonchev–Trinajstić information content (AvgIpc) is 3.46. The zero-order valence-corrected chi connectivity index (χ0v) is 17.0. The molecule has 158 valence electrons. The van der Waals surface area contributed by atoms with Gasteiger partial charge >= 0.3 is 0 Å². The molecule has 0 atom stereocenters. The highest BCUT2D eigenvalue weighted by atomic mass is 16.5. The predicted molar refractivity (Wildman–Crippen MR) is 107 cm³/mol. The number of piperazine rings is 1. The number of aromatic amines is 1. The molecule has 1 aliphatic rings. The number of carbonyl (C=O) groups is 1. The first kappa shape index (κ1) is 20.0. The molecule has 1 aromatic carbocycles. The Morgan fingerprint density at radius 3 is 2.90 bits per heavy atom. The number of H-pyrrole nitrogens is 1. The smallest absolute Gasteiger partial charge is 0.226 e. The van der Waals surface area contributed by atoms with Gasteiger partial charge in [-0.15, -0.1) is 0 Å². The van der Waals surface area contributed by atoms with Gasteiger partial charge < -0.3 is 14.2 Å². The highest BCUT2D eigenvalue weighted by molar-refractivity contribution is 5.76. The lowest BCUT2D eigenvalue weighted by atomic mass is 10.2. The number of amides is 1. The highest BCUT2D eigenvalue weighted by Crippen LogP contribution is 2.21. The van der Waals surface area contributed by atoms with E-state index in [2.05, 4.69) is 30.2 Å². The number of methoxy groups -OCH3 is 1. The molecular formula is C20H25N7O3. The minimum atomic E-state index is 0.168. The van der Waals surface area contributed by atoms with Gasteiger partial charge in [0.15, 0.2) is 0 Å². The third-order valence-electron chi connectivity index (χ3n) is 5.14. The Labute approximate surface area is 174 Å². The highest BCUT2D eigenvalue weighted by Gasteiger charge is 2.21. The molecule has 0 saturated carbocycles. The standard InChI is InChI=1S/C20H25N7O3/c1-29-16-5-2-4-15(12-16)20-23-18(30-25-20)6-3-7-19(28)27-10-8-26(9-11-27)13-17-21-14-22-24-17/h2,4-5,12,14H,3,6-11,13H2,1H3,(H,21,22,24). The summed E-state index contributed by atoms with van der Waals surface area (Å²) in [6.07, 6.45) is 3.24. The van der Waals surface area contributed by atoms with Crippen LogP contribution in [-0.2, 0) is 17.8 Å². The summed E-state index contributed by atoms with van der Waals surface area (Å²) in [6.45, 7) is 3.86. The fourth-order valence-corrected chi connectivity index (χ4v) is 3.46. The second-order valence-corrected chi connectivity index (χ2v) is 7.19. The van der Waals surface area contributed by atoms with Gasteiger partial charge in [0.05, 0.1) is 13.7 Å². The van der Waals surface area contributed by atoms with E-state index in [0.29, 0.717) is 31.0 Å². The Morgan fingerprint density at radius 1 is 1.27 bits per heavy atom. The van der Waals surface area contributed by atoms with Crippen LogP contribution < -0.4 is 4.74 Å². The quantitative estimate of drug-likeness (QED) is 0.594. The van der Waals surface area contributed by atoms with Gasteiger partial charge in [-0.3, -0.25) is 14.8 Å². The molecule has 1 aliphatic heterocycles. The molecule has 10 heteroatoms. The van der Waals surface area contributed by atoms with Gasteiger partial charge in [-0.05, 0) is 18.6 Å². The summed E-state index contributed by atoms with van der Waals surface area (Å²) >= 11 is 0. The molecule has 1 amide bonds. The zero-order valence-electron chi connectivity index (χ0n) is 17.0. The van der Waals surface area contributed by atoms with Gasteiger partial charge in [0.25, 0.3) is 0 Å². The lowest BCUT2D eigenvalue weighted by Crippen LogP contribution is -2.48. The number of aryl methyl sites for hydroxylation is 1. The van der Waals surface area contributed by atoms with Crippen LogP contribution in [0.2, 0.25) is 0 Å². The van der Waals surface area contributed by atoms with E-state index >= 15 is 0 Å². The number of rotatable bonds is 8. The number of nitrogens with one attached hydrogen (secondary N) is 1. The fourth-order valence-electron chi connectivity index (χ4n) is 3.46. The second-order valence-electron chi connectivity index (χ2n) is 7.19. The van der Waals surface area contributed by atoms with E-state index in [0.717, 1.165) is 49.9 Å². The molecule has 30 heavy (non-hydrogen) atoms. The summed E-state index contributed by atoms with van der Waals surface area (Å²) in [7, 11) is 1.62. The van der Waals surface area contributed by atoms with Crippen molar-refractivity contribution in [1.82, 2.24) is 35.1 Å². The maximum absolute atomic E-state index is 12.5. The summed E-state index contributed by atoms with van der Waals surface area (Å²) < 4.78 is 10.6. The van der Waals surface area contributed by atoms with Crippen LogP contribution in [-0.4, -0.2) is 74.3 Å². The number of carbonyl (C=O) groups excluding carboxylic acids is 1. The molecule has 1 fully saturated rings. The summed E-state index contributed by atoms with van der Waals surface area (Å²) in [5, 5.41) is 10.8. The predicted octanol–water partition coefficient (Wildman–Crippen LogP) is 1.53. The Kier molecular flexibility index (Phi) is 6.33. The molecule has 0 spiro atoms. The van der Waals surface area contributed by atoms with Gasteiger partial charge in [0, 0.05) is 44.6 Å². The average molecular weight is 411 g/mol. The molecule has 4 rings (SSSR count). The Hall–Kier alpha value is -3.27. The first-order valence-electron chi connectivity index (χ1n) is 10.0. The monoisotopic (exact) mass is 411 g/mol. The van der Waals surface area contributed by atoms with Crippen LogP contribution >= 0.6 is 0 Å². The minimum Gasteiger partial charge on any atom is -0.497 e. The molecule has 2 aromatic heterocycles. The lowest BCUT2D eigenvalue weighted by molar-refractivity contribution is -0.133. The molecule has 0 aliphatic carbocycles. The maximum Gasteiger partial charge on any atom is 0.226 e. The van der Waals surface area contributed by atoms with E-state index in [-0.39, 0.29) is 5.91 Å². The first-order valence-corrected chi connectivity index (χ1v) is 10.0. The largest absolute Gasteiger partial charge is 0.497 e. The minimum absolute atomic E-state index is 0.168. The number of hydrogen-bond donors (Lipinski definition) is 1. The topological polar surface area (TPSA) is 113 Å². The molecule has 3 heterocycles. The van der Waals surface area contributed by atoms with Gasteiger partial charge in [-0.2, -0.15) is 10.1 Å². The summed E-state index contributed by atoms with van der Waals surface area (Å²) in [6, 6.07) is 7.52. The first-order chi connectivity index (χ1) is 14.7.